The lowest BCUT2D eigenvalue weighted by Gasteiger charge is -2.30. The maximum absolute atomic E-state index is 12.5. The number of anilines is 1. The molecule has 4 rings (SSSR count). The molecule has 2 heterocycles. The lowest BCUT2D eigenvalue weighted by Crippen LogP contribution is -2.37. The molecule has 2 saturated carbocycles. The Morgan fingerprint density at radius 2 is 1.78 bits per heavy atom. The molecule has 3 fully saturated rings. The van der Waals surface area contributed by atoms with Gasteiger partial charge in [-0.2, -0.15) is 0 Å². The molecule has 1 aliphatic heterocycles. The third-order valence-electron chi connectivity index (χ3n) is 5.66. The first-order valence-corrected chi connectivity index (χ1v) is 9.22. The summed E-state index contributed by atoms with van der Waals surface area (Å²) < 4.78 is 0. The Hall–Kier alpha value is -1.58. The summed E-state index contributed by atoms with van der Waals surface area (Å²) in [5, 5.41) is 3.62. The Kier molecular flexibility index (Phi) is 4.00. The van der Waals surface area contributed by atoms with Crippen molar-refractivity contribution in [2.24, 2.45) is 17.8 Å². The smallest absolute Gasteiger partial charge is 0.255 e. The molecule has 0 radical (unpaired) electrons. The van der Waals surface area contributed by atoms with E-state index < -0.39 is 0 Å². The van der Waals surface area contributed by atoms with Crippen molar-refractivity contribution in [3.05, 3.63) is 23.9 Å². The third-order valence-corrected chi connectivity index (χ3v) is 5.66. The van der Waals surface area contributed by atoms with Gasteiger partial charge in [-0.15, -0.1) is 0 Å². The van der Waals surface area contributed by atoms with Gasteiger partial charge in [0.25, 0.3) is 5.91 Å². The van der Waals surface area contributed by atoms with E-state index in [-0.39, 0.29) is 5.91 Å². The van der Waals surface area contributed by atoms with E-state index in [0.717, 1.165) is 55.1 Å². The van der Waals surface area contributed by atoms with Crippen molar-refractivity contribution in [1.82, 2.24) is 9.88 Å². The van der Waals surface area contributed by atoms with Crippen molar-refractivity contribution in [2.45, 2.75) is 51.5 Å². The van der Waals surface area contributed by atoms with Crippen molar-refractivity contribution in [1.29, 1.82) is 0 Å². The normalized spacial score (nSPS) is 22.4. The van der Waals surface area contributed by atoms with E-state index in [2.05, 4.69) is 17.2 Å². The Morgan fingerprint density at radius 1 is 1.13 bits per heavy atom. The van der Waals surface area contributed by atoms with Gasteiger partial charge in [0.2, 0.25) is 0 Å². The molecule has 3 aliphatic rings. The first-order chi connectivity index (χ1) is 11.2. The number of piperidine rings is 1. The van der Waals surface area contributed by atoms with E-state index >= 15 is 0 Å². The van der Waals surface area contributed by atoms with Crippen molar-refractivity contribution in [3.8, 4) is 0 Å². The average Bonchev–Trinajstić information content (AvgIpc) is 3.47. The highest BCUT2D eigenvalue weighted by Gasteiger charge is 2.41. The highest BCUT2D eigenvalue weighted by molar-refractivity contribution is 5.94. The molecular formula is C19H27N3O. The van der Waals surface area contributed by atoms with Gasteiger partial charge in [-0.25, -0.2) is 4.98 Å². The first-order valence-electron chi connectivity index (χ1n) is 9.22. The van der Waals surface area contributed by atoms with Crippen LogP contribution in [0.15, 0.2) is 18.3 Å². The van der Waals surface area contributed by atoms with Crippen LogP contribution in [0, 0.1) is 17.8 Å². The number of nitrogens with zero attached hydrogens (tertiary/aromatic N) is 2. The molecule has 1 saturated heterocycles. The van der Waals surface area contributed by atoms with Gasteiger partial charge in [-0.1, -0.05) is 6.92 Å². The van der Waals surface area contributed by atoms with Crippen LogP contribution < -0.4 is 5.32 Å². The van der Waals surface area contributed by atoms with Crippen molar-refractivity contribution >= 4 is 11.7 Å². The molecule has 4 heteroatoms. The molecule has 124 valence electrons. The number of hydrogen-bond acceptors (Lipinski definition) is 3. The minimum absolute atomic E-state index is 0.136. The second-order valence-electron chi connectivity index (χ2n) is 7.75. The Labute approximate surface area is 138 Å². The molecule has 23 heavy (non-hydrogen) atoms. The molecule has 2 aliphatic carbocycles. The SMILES string of the molecule is CC1CCN(C(=O)c2ccc(NC(C3CC3)C3CC3)nc2)CC1. The van der Waals surface area contributed by atoms with E-state index in [0.29, 0.717) is 6.04 Å². The fourth-order valence-electron chi connectivity index (χ4n) is 3.70. The minimum Gasteiger partial charge on any atom is -0.367 e. The van der Waals surface area contributed by atoms with Crippen LogP contribution in [0.4, 0.5) is 5.82 Å². The zero-order valence-corrected chi connectivity index (χ0v) is 14.0. The average molecular weight is 313 g/mol. The van der Waals surface area contributed by atoms with Gasteiger partial charge in [0.1, 0.15) is 5.82 Å². The monoisotopic (exact) mass is 313 g/mol. The summed E-state index contributed by atoms with van der Waals surface area (Å²) >= 11 is 0. The van der Waals surface area contributed by atoms with Crippen LogP contribution in [0.2, 0.25) is 0 Å². The van der Waals surface area contributed by atoms with Crippen LogP contribution in [0.5, 0.6) is 0 Å². The number of likely N-dealkylation sites (tertiary alicyclic amines) is 1. The zero-order chi connectivity index (χ0) is 15.8. The number of pyridine rings is 1. The first kappa shape index (κ1) is 15.0. The largest absolute Gasteiger partial charge is 0.367 e. The van der Waals surface area contributed by atoms with Crippen LogP contribution in [0.1, 0.15) is 55.8 Å². The van der Waals surface area contributed by atoms with E-state index in [1.807, 2.05) is 17.0 Å². The Bertz CT molecular complexity index is 542. The van der Waals surface area contributed by atoms with Gasteiger partial charge in [-0.05, 0) is 68.4 Å². The number of carbonyl (C=O) groups is 1. The van der Waals surface area contributed by atoms with Crippen LogP contribution in [-0.4, -0.2) is 34.9 Å². The zero-order valence-electron chi connectivity index (χ0n) is 14.0. The molecule has 1 aromatic rings. The fraction of sp³-hybridized carbons (Fsp3) is 0.684. The Balaban J connectivity index is 1.38. The molecule has 1 amide bonds. The lowest BCUT2D eigenvalue weighted by molar-refractivity contribution is 0.0697. The predicted octanol–water partition coefficient (Wildman–Crippen LogP) is 3.55. The molecule has 4 nitrogen and oxygen atoms in total. The molecule has 0 bridgehead atoms. The molecule has 0 unspecified atom stereocenters. The molecular weight excluding hydrogens is 286 g/mol. The highest BCUT2D eigenvalue weighted by Crippen LogP contribution is 2.45. The molecule has 1 aromatic heterocycles. The van der Waals surface area contributed by atoms with Gasteiger partial charge >= 0.3 is 0 Å². The van der Waals surface area contributed by atoms with Crippen molar-refractivity contribution in [3.63, 3.8) is 0 Å². The van der Waals surface area contributed by atoms with Gasteiger partial charge in [0.05, 0.1) is 5.56 Å². The van der Waals surface area contributed by atoms with Crippen LogP contribution in [-0.2, 0) is 0 Å². The van der Waals surface area contributed by atoms with Gasteiger partial charge in [0, 0.05) is 25.3 Å². The van der Waals surface area contributed by atoms with Gasteiger partial charge in [-0.3, -0.25) is 4.79 Å². The number of carbonyl (C=O) groups excluding carboxylic acids is 1. The van der Waals surface area contributed by atoms with Crippen LogP contribution >= 0.6 is 0 Å². The number of nitrogens with one attached hydrogen (secondary N) is 1. The molecule has 0 spiro atoms. The lowest BCUT2D eigenvalue weighted by atomic mass is 9.99. The fourth-order valence-corrected chi connectivity index (χ4v) is 3.70. The third kappa shape index (κ3) is 3.51. The number of amides is 1. The van der Waals surface area contributed by atoms with E-state index in [1.165, 1.54) is 25.7 Å². The summed E-state index contributed by atoms with van der Waals surface area (Å²) in [6.07, 6.45) is 9.42. The van der Waals surface area contributed by atoms with E-state index in [1.54, 1.807) is 6.20 Å². The van der Waals surface area contributed by atoms with Crippen molar-refractivity contribution < 1.29 is 4.79 Å². The summed E-state index contributed by atoms with van der Waals surface area (Å²) in [4.78, 5) is 19.0. The highest BCUT2D eigenvalue weighted by atomic mass is 16.2. The predicted molar refractivity (Wildman–Crippen MR) is 91.4 cm³/mol. The minimum atomic E-state index is 0.136. The summed E-state index contributed by atoms with van der Waals surface area (Å²) in [5.41, 5.74) is 0.722. The quantitative estimate of drug-likeness (QED) is 0.904. The second-order valence-corrected chi connectivity index (χ2v) is 7.75. The maximum Gasteiger partial charge on any atom is 0.255 e. The summed E-state index contributed by atoms with van der Waals surface area (Å²) in [7, 11) is 0. The second kappa shape index (κ2) is 6.14. The number of aromatic nitrogens is 1. The molecule has 0 atom stereocenters. The Morgan fingerprint density at radius 3 is 2.30 bits per heavy atom. The van der Waals surface area contributed by atoms with E-state index in [9.17, 15) is 4.79 Å². The summed E-state index contributed by atoms with van der Waals surface area (Å²) in [6, 6.07) is 4.53. The summed E-state index contributed by atoms with van der Waals surface area (Å²) in [6.45, 7) is 4.02. The van der Waals surface area contributed by atoms with Crippen LogP contribution in [0.25, 0.3) is 0 Å². The van der Waals surface area contributed by atoms with Crippen LogP contribution in [0.3, 0.4) is 0 Å². The maximum atomic E-state index is 12.5. The summed E-state index contributed by atoms with van der Waals surface area (Å²) in [5.74, 6) is 3.50. The van der Waals surface area contributed by atoms with Gasteiger partial charge < -0.3 is 10.2 Å². The van der Waals surface area contributed by atoms with E-state index in [4.69, 9.17) is 0 Å². The topological polar surface area (TPSA) is 45.2 Å². The number of rotatable bonds is 5. The van der Waals surface area contributed by atoms with Gasteiger partial charge in [0.15, 0.2) is 0 Å². The molecule has 1 N–H and O–H groups in total. The van der Waals surface area contributed by atoms with Crippen molar-refractivity contribution in [2.75, 3.05) is 18.4 Å². The number of hydrogen-bond donors (Lipinski definition) is 1. The molecule has 0 aromatic carbocycles. The standard InChI is InChI=1S/C19H27N3O/c1-13-8-10-22(11-9-13)19(23)16-6-7-17(20-12-16)21-18(14-2-3-14)15-4-5-15/h6-7,12-15,18H,2-5,8-11H2,1H3,(H,20,21).